The lowest BCUT2D eigenvalue weighted by atomic mass is 9.88. The van der Waals surface area contributed by atoms with Gasteiger partial charge in [0, 0.05) is 6.04 Å². The van der Waals surface area contributed by atoms with Gasteiger partial charge in [-0.2, -0.15) is 0 Å². The molecule has 0 amide bonds. The van der Waals surface area contributed by atoms with Crippen molar-refractivity contribution in [2.75, 3.05) is 0 Å². The van der Waals surface area contributed by atoms with Crippen molar-refractivity contribution >= 4 is 0 Å². The molecular weight excluding hydrogens is 134 g/mol. The van der Waals surface area contributed by atoms with E-state index in [0.29, 0.717) is 0 Å². The molecule has 2 rings (SSSR count). The van der Waals surface area contributed by atoms with Crippen molar-refractivity contribution in [3.05, 3.63) is 35.4 Å². The third-order valence-electron chi connectivity index (χ3n) is 2.37. The summed E-state index contributed by atoms with van der Waals surface area (Å²) in [6.07, 6.45) is 3.40. The van der Waals surface area contributed by atoms with Crippen molar-refractivity contribution in [3.8, 4) is 0 Å². The maximum absolute atomic E-state index is 7.75. The molecule has 0 heterocycles. The maximum atomic E-state index is 7.75. The van der Waals surface area contributed by atoms with Crippen LogP contribution in [-0.2, 0) is 6.42 Å². The van der Waals surface area contributed by atoms with Crippen molar-refractivity contribution in [2.24, 2.45) is 0 Å². The second kappa shape index (κ2) is 2.67. The van der Waals surface area contributed by atoms with Gasteiger partial charge in [0.15, 0.2) is 0 Å². The monoisotopic (exact) mass is 146 g/mol. The van der Waals surface area contributed by atoms with Crippen LogP contribution in [0.5, 0.6) is 0 Å². The predicted molar refractivity (Wildman–Crippen MR) is 45.2 cm³/mol. The van der Waals surface area contributed by atoms with Crippen molar-refractivity contribution < 1.29 is 0 Å². The zero-order valence-corrected chi connectivity index (χ0v) is 6.51. The average Bonchev–Trinajstić information content (AvgIpc) is 2.06. The first-order valence-electron chi connectivity index (χ1n) is 4.17. The summed E-state index contributed by atoms with van der Waals surface area (Å²) in [6.45, 7) is 0. The number of benzene rings is 1. The van der Waals surface area contributed by atoms with E-state index in [1.807, 2.05) is 6.07 Å². The first kappa shape index (κ1) is 6.86. The highest BCUT2D eigenvalue weighted by Gasteiger charge is 2.15. The first-order valence-corrected chi connectivity index (χ1v) is 4.17. The predicted octanol–water partition coefficient (Wildman–Crippen LogP) is 2.35. The van der Waals surface area contributed by atoms with Crippen molar-refractivity contribution in [1.82, 2.24) is 5.73 Å². The third-order valence-corrected chi connectivity index (χ3v) is 2.37. The van der Waals surface area contributed by atoms with Crippen LogP contribution in [0.25, 0.3) is 0 Å². The summed E-state index contributed by atoms with van der Waals surface area (Å²) in [6, 6.07) is 8.38. The molecule has 0 aliphatic heterocycles. The molecule has 57 valence electrons. The zero-order valence-electron chi connectivity index (χ0n) is 6.51. The van der Waals surface area contributed by atoms with E-state index in [0.717, 1.165) is 6.42 Å². The normalized spacial score (nSPS) is 22.8. The molecule has 1 atom stereocenters. The van der Waals surface area contributed by atoms with Gasteiger partial charge in [-0.3, -0.25) is 0 Å². The van der Waals surface area contributed by atoms with Crippen LogP contribution in [-0.4, -0.2) is 0 Å². The van der Waals surface area contributed by atoms with Gasteiger partial charge in [0.1, 0.15) is 0 Å². The fourth-order valence-corrected chi connectivity index (χ4v) is 1.75. The molecule has 1 aromatic carbocycles. The molecule has 0 fully saturated rings. The van der Waals surface area contributed by atoms with Crippen molar-refractivity contribution in [2.45, 2.75) is 25.3 Å². The van der Waals surface area contributed by atoms with Crippen LogP contribution < -0.4 is 5.73 Å². The minimum Gasteiger partial charge on any atom is -0.250 e. The molecule has 11 heavy (non-hydrogen) atoms. The number of rotatable bonds is 0. The molecule has 1 heteroatoms. The largest absolute Gasteiger partial charge is 0.250 e. The van der Waals surface area contributed by atoms with E-state index in [1.165, 1.54) is 24.0 Å². The summed E-state index contributed by atoms with van der Waals surface area (Å²) in [4.78, 5) is 0. The number of fused-ring (bicyclic) bond motifs is 1. The van der Waals surface area contributed by atoms with Crippen LogP contribution >= 0.6 is 0 Å². The highest BCUT2D eigenvalue weighted by Crippen LogP contribution is 2.28. The Bertz CT molecular complexity index is 255. The number of nitrogens with one attached hydrogen (secondary N) is 1. The molecule has 0 unspecified atom stereocenters. The summed E-state index contributed by atoms with van der Waals surface area (Å²) in [7, 11) is 0. The molecule has 1 N–H and O–H groups in total. The van der Waals surface area contributed by atoms with E-state index in [4.69, 9.17) is 5.73 Å². The van der Waals surface area contributed by atoms with Crippen LogP contribution in [0, 0.1) is 0 Å². The average molecular weight is 146 g/mol. The number of aryl methyl sites for hydroxylation is 1. The Morgan fingerprint density at radius 1 is 1.27 bits per heavy atom. The lowest BCUT2D eigenvalue weighted by molar-refractivity contribution is 0.557. The highest BCUT2D eigenvalue weighted by molar-refractivity contribution is 5.31. The summed E-state index contributed by atoms with van der Waals surface area (Å²) in [5.41, 5.74) is 10.4. The maximum Gasteiger partial charge on any atom is 0.0465 e. The van der Waals surface area contributed by atoms with E-state index in [9.17, 15) is 0 Å². The van der Waals surface area contributed by atoms with Crippen LogP contribution in [0.15, 0.2) is 24.3 Å². The zero-order chi connectivity index (χ0) is 7.68. The van der Waals surface area contributed by atoms with Gasteiger partial charge in [-0.05, 0) is 30.4 Å². The van der Waals surface area contributed by atoms with Gasteiger partial charge in [0.2, 0.25) is 0 Å². The minimum absolute atomic E-state index is 0.0416. The molecule has 0 saturated carbocycles. The summed E-state index contributed by atoms with van der Waals surface area (Å²) in [5.74, 6) is 0. The van der Waals surface area contributed by atoms with Crippen molar-refractivity contribution in [1.29, 1.82) is 0 Å². The molecule has 0 bridgehead atoms. The highest BCUT2D eigenvalue weighted by atomic mass is 14.6. The van der Waals surface area contributed by atoms with E-state index >= 15 is 0 Å². The second-order valence-corrected chi connectivity index (χ2v) is 3.14. The fourth-order valence-electron chi connectivity index (χ4n) is 1.75. The molecule has 1 nitrogen and oxygen atoms in total. The lowest BCUT2D eigenvalue weighted by Gasteiger charge is -2.20. The van der Waals surface area contributed by atoms with Gasteiger partial charge < -0.3 is 0 Å². The molecule has 1 radical (unpaired) electrons. The van der Waals surface area contributed by atoms with E-state index in [-0.39, 0.29) is 6.04 Å². The van der Waals surface area contributed by atoms with E-state index in [2.05, 4.69) is 18.2 Å². The Kier molecular flexibility index (Phi) is 1.66. The molecule has 1 aliphatic carbocycles. The first-order chi connectivity index (χ1) is 5.38. The van der Waals surface area contributed by atoms with Crippen LogP contribution in [0.2, 0.25) is 0 Å². The minimum atomic E-state index is 0.0416. The molecule has 1 aliphatic rings. The topological polar surface area (TPSA) is 23.8 Å². The lowest BCUT2D eigenvalue weighted by Crippen LogP contribution is -2.09. The van der Waals surface area contributed by atoms with Crippen LogP contribution in [0.1, 0.15) is 30.0 Å². The SMILES string of the molecule is [NH][C@@H]1CCCc2ccccc21. The van der Waals surface area contributed by atoms with Gasteiger partial charge in [0.05, 0.1) is 0 Å². The standard InChI is InChI=1S/C10H12N/c11-10-7-3-5-8-4-1-2-6-9(8)10/h1-2,4,6,10-11H,3,5,7H2/t10-/m1/s1. The van der Waals surface area contributed by atoms with Gasteiger partial charge in [-0.25, -0.2) is 5.73 Å². The number of hydrogen-bond acceptors (Lipinski definition) is 0. The van der Waals surface area contributed by atoms with Crippen LogP contribution in [0.3, 0.4) is 0 Å². The Labute approximate surface area is 67.2 Å². The van der Waals surface area contributed by atoms with E-state index in [1.54, 1.807) is 0 Å². The Morgan fingerprint density at radius 3 is 2.91 bits per heavy atom. The molecule has 0 spiro atoms. The Hall–Kier alpha value is -0.820. The molecular formula is C10H12N. The number of hydrogen-bond donors (Lipinski definition) is 0. The van der Waals surface area contributed by atoms with Gasteiger partial charge >= 0.3 is 0 Å². The van der Waals surface area contributed by atoms with Gasteiger partial charge in [-0.1, -0.05) is 24.3 Å². The summed E-state index contributed by atoms with van der Waals surface area (Å²) in [5, 5.41) is 0. The third kappa shape index (κ3) is 1.16. The Balaban J connectivity index is 2.44. The second-order valence-electron chi connectivity index (χ2n) is 3.14. The molecule has 0 aromatic heterocycles. The van der Waals surface area contributed by atoms with Gasteiger partial charge in [-0.15, -0.1) is 0 Å². The molecule has 0 saturated heterocycles. The summed E-state index contributed by atoms with van der Waals surface area (Å²) >= 11 is 0. The summed E-state index contributed by atoms with van der Waals surface area (Å²) < 4.78 is 0. The smallest absolute Gasteiger partial charge is 0.0465 e. The van der Waals surface area contributed by atoms with Crippen LogP contribution in [0.4, 0.5) is 0 Å². The quantitative estimate of drug-likeness (QED) is 0.536. The fraction of sp³-hybridized carbons (Fsp3) is 0.400. The van der Waals surface area contributed by atoms with E-state index < -0.39 is 0 Å². The van der Waals surface area contributed by atoms with Crippen molar-refractivity contribution in [3.63, 3.8) is 0 Å². The molecule has 1 aromatic rings. The Morgan fingerprint density at radius 2 is 2.09 bits per heavy atom. The van der Waals surface area contributed by atoms with Gasteiger partial charge in [0.25, 0.3) is 0 Å².